The highest BCUT2D eigenvalue weighted by Gasteiger charge is 2.07. The summed E-state index contributed by atoms with van der Waals surface area (Å²) in [6, 6.07) is 8.05. The van der Waals surface area contributed by atoms with Gasteiger partial charge in [0.1, 0.15) is 5.75 Å². The zero-order valence-electron chi connectivity index (χ0n) is 11.3. The van der Waals surface area contributed by atoms with Gasteiger partial charge in [0.2, 0.25) is 0 Å². The topological polar surface area (TPSA) is 50.8 Å². The summed E-state index contributed by atoms with van der Waals surface area (Å²) in [4.78, 5) is 0. The summed E-state index contributed by atoms with van der Waals surface area (Å²) in [6.07, 6.45) is 5.29. The number of benzene rings is 1. The Morgan fingerprint density at radius 2 is 2.21 bits per heavy atom. The van der Waals surface area contributed by atoms with E-state index in [4.69, 9.17) is 10.00 Å². The first-order chi connectivity index (χ1) is 9.28. The Labute approximate surface area is 113 Å². The summed E-state index contributed by atoms with van der Waals surface area (Å²) in [5.41, 5.74) is 3.04. The lowest BCUT2D eigenvalue weighted by Gasteiger charge is -2.07. The van der Waals surface area contributed by atoms with Crippen LogP contribution in [0.1, 0.15) is 18.9 Å². The minimum absolute atomic E-state index is 0.347. The fraction of sp³-hybridized carbons (Fsp3) is 0.333. The molecule has 1 aromatic carbocycles. The minimum atomic E-state index is 0.347. The number of nitriles is 1. The van der Waals surface area contributed by atoms with Gasteiger partial charge in [-0.05, 0) is 24.1 Å². The third kappa shape index (κ3) is 2.94. The number of ether oxygens (including phenoxy) is 1. The van der Waals surface area contributed by atoms with Crippen LogP contribution in [0.2, 0.25) is 0 Å². The standard InChI is InChI=1S/C15H17N3O/c1-3-8-18-11-14(10-17-18)12-4-5-15(19-2)13(9-12)6-7-16/h4-5,9-11H,3,6,8H2,1-2H3. The van der Waals surface area contributed by atoms with E-state index in [0.29, 0.717) is 6.42 Å². The van der Waals surface area contributed by atoms with E-state index in [-0.39, 0.29) is 0 Å². The van der Waals surface area contributed by atoms with Gasteiger partial charge in [0.05, 0.1) is 25.8 Å². The first-order valence-electron chi connectivity index (χ1n) is 6.35. The molecule has 0 amide bonds. The average Bonchev–Trinajstić information content (AvgIpc) is 2.88. The zero-order valence-corrected chi connectivity index (χ0v) is 11.3. The lowest BCUT2D eigenvalue weighted by atomic mass is 10.0. The van der Waals surface area contributed by atoms with Crippen molar-refractivity contribution < 1.29 is 4.74 Å². The van der Waals surface area contributed by atoms with E-state index in [2.05, 4.69) is 18.1 Å². The summed E-state index contributed by atoms with van der Waals surface area (Å²) >= 11 is 0. The summed E-state index contributed by atoms with van der Waals surface area (Å²) in [7, 11) is 1.62. The number of hydrogen-bond acceptors (Lipinski definition) is 3. The average molecular weight is 255 g/mol. The Bertz CT molecular complexity index is 596. The summed E-state index contributed by atoms with van der Waals surface area (Å²) in [6.45, 7) is 3.04. The van der Waals surface area contributed by atoms with Gasteiger partial charge in [-0.3, -0.25) is 4.68 Å². The van der Waals surface area contributed by atoms with Gasteiger partial charge in [0.25, 0.3) is 0 Å². The van der Waals surface area contributed by atoms with Crippen LogP contribution in [0.25, 0.3) is 11.1 Å². The minimum Gasteiger partial charge on any atom is -0.496 e. The first-order valence-corrected chi connectivity index (χ1v) is 6.35. The number of hydrogen-bond donors (Lipinski definition) is 0. The smallest absolute Gasteiger partial charge is 0.123 e. The molecular formula is C15H17N3O. The normalized spacial score (nSPS) is 10.2. The van der Waals surface area contributed by atoms with Gasteiger partial charge in [-0.1, -0.05) is 13.0 Å². The molecule has 0 saturated heterocycles. The molecule has 0 aliphatic heterocycles. The van der Waals surface area contributed by atoms with Gasteiger partial charge >= 0.3 is 0 Å². The van der Waals surface area contributed by atoms with Crippen molar-refractivity contribution in [2.24, 2.45) is 0 Å². The van der Waals surface area contributed by atoms with Crippen molar-refractivity contribution in [1.29, 1.82) is 5.26 Å². The third-order valence-electron chi connectivity index (χ3n) is 2.97. The largest absolute Gasteiger partial charge is 0.496 e. The van der Waals surface area contributed by atoms with Crippen molar-refractivity contribution in [3.05, 3.63) is 36.2 Å². The van der Waals surface area contributed by atoms with Gasteiger partial charge in [0.15, 0.2) is 0 Å². The molecule has 0 N–H and O–H groups in total. The van der Waals surface area contributed by atoms with E-state index >= 15 is 0 Å². The maximum atomic E-state index is 8.85. The van der Waals surface area contributed by atoms with Crippen LogP contribution < -0.4 is 4.74 Å². The van der Waals surface area contributed by atoms with E-state index in [1.165, 1.54) is 0 Å². The fourth-order valence-electron chi connectivity index (χ4n) is 2.05. The molecule has 0 fully saturated rings. The Morgan fingerprint density at radius 1 is 1.37 bits per heavy atom. The summed E-state index contributed by atoms with van der Waals surface area (Å²) in [5, 5.41) is 13.2. The van der Waals surface area contributed by atoms with E-state index < -0.39 is 0 Å². The highest BCUT2D eigenvalue weighted by molar-refractivity contribution is 5.64. The highest BCUT2D eigenvalue weighted by Crippen LogP contribution is 2.26. The second-order valence-electron chi connectivity index (χ2n) is 4.35. The predicted molar refractivity (Wildman–Crippen MR) is 73.8 cm³/mol. The Kier molecular flexibility index (Phi) is 4.19. The lowest BCUT2D eigenvalue weighted by molar-refractivity contribution is 0.411. The molecular weight excluding hydrogens is 238 g/mol. The number of aryl methyl sites for hydroxylation is 1. The molecule has 1 aromatic heterocycles. The quantitative estimate of drug-likeness (QED) is 0.825. The van der Waals surface area contributed by atoms with E-state index in [0.717, 1.165) is 35.4 Å². The SMILES string of the molecule is CCCn1cc(-c2ccc(OC)c(CC#N)c2)cn1. The van der Waals surface area contributed by atoms with Gasteiger partial charge in [-0.15, -0.1) is 0 Å². The second kappa shape index (κ2) is 6.05. The van der Waals surface area contributed by atoms with Crippen molar-refractivity contribution in [2.45, 2.75) is 26.3 Å². The van der Waals surface area contributed by atoms with Crippen molar-refractivity contribution in [3.63, 3.8) is 0 Å². The zero-order chi connectivity index (χ0) is 13.7. The Balaban J connectivity index is 2.33. The number of methoxy groups -OCH3 is 1. The molecule has 0 spiro atoms. The number of nitrogens with zero attached hydrogens (tertiary/aromatic N) is 3. The predicted octanol–water partition coefficient (Wildman–Crippen LogP) is 3.03. The van der Waals surface area contributed by atoms with E-state index in [1.807, 2.05) is 35.3 Å². The van der Waals surface area contributed by atoms with E-state index in [9.17, 15) is 0 Å². The van der Waals surface area contributed by atoms with Crippen molar-refractivity contribution >= 4 is 0 Å². The van der Waals surface area contributed by atoms with Crippen LogP contribution >= 0.6 is 0 Å². The Morgan fingerprint density at radius 3 is 2.89 bits per heavy atom. The Hall–Kier alpha value is -2.28. The first kappa shape index (κ1) is 13.2. The molecule has 0 saturated carbocycles. The van der Waals surface area contributed by atoms with Crippen molar-refractivity contribution in [2.75, 3.05) is 7.11 Å². The van der Waals surface area contributed by atoms with Crippen LogP contribution in [0.15, 0.2) is 30.6 Å². The van der Waals surface area contributed by atoms with Gasteiger partial charge in [-0.2, -0.15) is 10.4 Å². The molecule has 1 heterocycles. The molecule has 98 valence electrons. The number of aromatic nitrogens is 2. The molecule has 0 unspecified atom stereocenters. The van der Waals surface area contributed by atoms with E-state index in [1.54, 1.807) is 7.11 Å². The number of rotatable bonds is 5. The maximum Gasteiger partial charge on any atom is 0.123 e. The molecule has 4 heteroatoms. The summed E-state index contributed by atoms with van der Waals surface area (Å²) < 4.78 is 7.19. The highest BCUT2D eigenvalue weighted by atomic mass is 16.5. The van der Waals surface area contributed by atoms with Crippen LogP contribution in [0, 0.1) is 11.3 Å². The van der Waals surface area contributed by atoms with Gasteiger partial charge < -0.3 is 4.74 Å². The van der Waals surface area contributed by atoms with Crippen LogP contribution in [0.4, 0.5) is 0 Å². The van der Waals surface area contributed by atoms with Crippen molar-refractivity contribution in [3.8, 4) is 22.9 Å². The molecule has 0 bridgehead atoms. The van der Waals surface area contributed by atoms with Crippen LogP contribution in [0.5, 0.6) is 5.75 Å². The van der Waals surface area contributed by atoms with Gasteiger partial charge in [0, 0.05) is 23.9 Å². The van der Waals surface area contributed by atoms with Crippen LogP contribution in [0.3, 0.4) is 0 Å². The molecule has 0 radical (unpaired) electrons. The monoisotopic (exact) mass is 255 g/mol. The van der Waals surface area contributed by atoms with Gasteiger partial charge in [-0.25, -0.2) is 0 Å². The molecule has 0 aliphatic carbocycles. The molecule has 0 aliphatic rings. The maximum absolute atomic E-state index is 8.85. The molecule has 4 nitrogen and oxygen atoms in total. The fourth-order valence-corrected chi connectivity index (χ4v) is 2.05. The molecule has 19 heavy (non-hydrogen) atoms. The summed E-state index contributed by atoms with van der Waals surface area (Å²) in [5.74, 6) is 0.756. The molecule has 0 atom stereocenters. The molecule has 2 rings (SSSR count). The van der Waals surface area contributed by atoms with Crippen LogP contribution in [-0.2, 0) is 13.0 Å². The second-order valence-corrected chi connectivity index (χ2v) is 4.35. The lowest BCUT2D eigenvalue weighted by Crippen LogP contribution is -1.95. The third-order valence-corrected chi connectivity index (χ3v) is 2.97. The van der Waals surface area contributed by atoms with Crippen molar-refractivity contribution in [1.82, 2.24) is 9.78 Å². The van der Waals surface area contributed by atoms with Crippen LogP contribution in [-0.4, -0.2) is 16.9 Å². The molecule has 2 aromatic rings.